The van der Waals surface area contributed by atoms with E-state index >= 15 is 0 Å². The molecular weight excluding hydrogens is 266 g/mol. The highest BCUT2D eigenvalue weighted by molar-refractivity contribution is 8.01. The summed E-state index contributed by atoms with van der Waals surface area (Å²) in [5, 5.41) is 2.77. The summed E-state index contributed by atoms with van der Waals surface area (Å²) in [5.41, 5.74) is 3.89. The van der Waals surface area contributed by atoms with Crippen LogP contribution in [0.2, 0.25) is 0 Å². The van der Waals surface area contributed by atoms with E-state index in [1.807, 2.05) is 6.07 Å². The van der Waals surface area contributed by atoms with Gasteiger partial charge in [0.2, 0.25) is 5.88 Å². The third-order valence-corrected chi connectivity index (χ3v) is 5.73. The molecule has 2 aliphatic rings. The lowest BCUT2D eigenvalue weighted by Gasteiger charge is -2.19. The van der Waals surface area contributed by atoms with E-state index in [4.69, 9.17) is 4.74 Å². The maximum atomic E-state index is 5.18. The lowest BCUT2D eigenvalue weighted by Crippen LogP contribution is -2.05. The van der Waals surface area contributed by atoms with E-state index in [1.54, 1.807) is 7.11 Å². The number of methoxy groups -OCH3 is 1. The van der Waals surface area contributed by atoms with Gasteiger partial charge in [-0.3, -0.25) is 0 Å². The number of aromatic nitrogens is 1. The molecule has 0 saturated carbocycles. The van der Waals surface area contributed by atoms with E-state index in [1.165, 1.54) is 35.8 Å². The molecule has 2 aromatic rings. The largest absolute Gasteiger partial charge is 0.481 e. The standard InChI is InChI=1S/C17H17NOS/c1-19-17-7-3-12-8-11(2-6-16(12)18-17)13-9-14-4-5-15(10-13)20-14/h2-3,6-9,14-15H,4-5,10H2,1H3. The van der Waals surface area contributed by atoms with Gasteiger partial charge in [0, 0.05) is 22.0 Å². The maximum Gasteiger partial charge on any atom is 0.213 e. The number of hydrogen-bond acceptors (Lipinski definition) is 3. The molecule has 1 aromatic heterocycles. The van der Waals surface area contributed by atoms with Crippen molar-refractivity contribution in [2.75, 3.05) is 7.11 Å². The van der Waals surface area contributed by atoms with E-state index in [2.05, 4.69) is 47.1 Å². The number of hydrogen-bond donors (Lipinski definition) is 0. The van der Waals surface area contributed by atoms with Crippen molar-refractivity contribution < 1.29 is 4.74 Å². The second kappa shape index (κ2) is 4.81. The van der Waals surface area contributed by atoms with Crippen LogP contribution in [0.25, 0.3) is 16.5 Å². The minimum Gasteiger partial charge on any atom is -0.481 e. The lowest BCUT2D eigenvalue weighted by atomic mass is 9.99. The van der Waals surface area contributed by atoms with Gasteiger partial charge >= 0.3 is 0 Å². The molecular formula is C17H17NOS. The molecule has 3 heteroatoms. The van der Waals surface area contributed by atoms with Crippen LogP contribution in [0.3, 0.4) is 0 Å². The highest BCUT2D eigenvalue weighted by atomic mass is 32.2. The molecule has 2 nitrogen and oxygen atoms in total. The fourth-order valence-corrected chi connectivity index (χ4v) is 4.74. The second-order valence-corrected chi connectivity index (χ2v) is 7.08. The van der Waals surface area contributed by atoms with Crippen molar-refractivity contribution >= 4 is 28.2 Å². The van der Waals surface area contributed by atoms with Crippen molar-refractivity contribution in [3.05, 3.63) is 42.0 Å². The first-order valence-corrected chi connectivity index (χ1v) is 8.07. The third-order valence-electron chi connectivity index (χ3n) is 4.22. The van der Waals surface area contributed by atoms with Crippen molar-refractivity contribution in [3.8, 4) is 5.88 Å². The molecule has 2 unspecified atom stereocenters. The molecule has 2 aliphatic heterocycles. The Morgan fingerprint density at radius 3 is 3.00 bits per heavy atom. The molecule has 1 aromatic carbocycles. The number of thioether (sulfide) groups is 1. The number of rotatable bonds is 2. The summed E-state index contributed by atoms with van der Waals surface area (Å²) in [5.74, 6) is 0.677. The van der Waals surface area contributed by atoms with Crippen LogP contribution < -0.4 is 4.74 Å². The number of pyridine rings is 1. The van der Waals surface area contributed by atoms with Gasteiger partial charge < -0.3 is 4.74 Å². The summed E-state index contributed by atoms with van der Waals surface area (Å²) in [7, 11) is 1.66. The Labute approximate surface area is 123 Å². The number of benzene rings is 1. The molecule has 2 atom stereocenters. The van der Waals surface area contributed by atoms with Gasteiger partial charge in [-0.05, 0) is 48.6 Å². The van der Waals surface area contributed by atoms with Crippen molar-refractivity contribution in [2.24, 2.45) is 0 Å². The molecule has 3 heterocycles. The zero-order valence-electron chi connectivity index (χ0n) is 11.5. The van der Waals surface area contributed by atoms with Gasteiger partial charge in [0.25, 0.3) is 0 Å². The SMILES string of the molecule is COc1ccc2cc(C3=CC4CCC(C3)S4)ccc2n1. The van der Waals surface area contributed by atoms with Crippen molar-refractivity contribution in [3.63, 3.8) is 0 Å². The van der Waals surface area contributed by atoms with Crippen LogP contribution in [0.15, 0.2) is 36.4 Å². The quantitative estimate of drug-likeness (QED) is 0.820. The van der Waals surface area contributed by atoms with Gasteiger partial charge in [-0.1, -0.05) is 12.1 Å². The van der Waals surface area contributed by atoms with Crippen LogP contribution in [-0.2, 0) is 0 Å². The summed E-state index contributed by atoms with van der Waals surface area (Å²) in [4.78, 5) is 4.48. The van der Waals surface area contributed by atoms with Gasteiger partial charge in [0.05, 0.1) is 12.6 Å². The summed E-state index contributed by atoms with van der Waals surface area (Å²) < 4.78 is 5.18. The molecule has 0 amide bonds. The first-order valence-electron chi connectivity index (χ1n) is 7.13. The molecule has 1 fully saturated rings. The molecule has 0 N–H and O–H groups in total. The summed E-state index contributed by atoms with van der Waals surface area (Å²) >= 11 is 2.15. The lowest BCUT2D eigenvalue weighted by molar-refractivity contribution is 0.399. The van der Waals surface area contributed by atoms with Gasteiger partial charge in [-0.15, -0.1) is 0 Å². The Balaban J connectivity index is 1.74. The topological polar surface area (TPSA) is 22.1 Å². The molecule has 1 saturated heterocycles. The van der Waals surface area contributed by atoms with E-state index in [-0.39, 0.29) is 0 Å². The van der Waals surface area contributed by atoms with Crippen LogP contribution in [0.4, 0.5) is 0 Å². The van der Waals surface area contributed by atoms with Gasteiger partial charge in [-0.25, -0.2) is 4.98 Å². The third kappa shape index (κ3) is 2.10. The van der Waals surface area contributed by atoms with Crippen molar-refractivity contribution in [1.29, 1.82) is 0 Å². The van der Waals surface area contributed by atoms with Crippen LogP contribution in [0, 0.1) is 0 Å². The Morgan fingerprint density at radius 2 is 2.15 bits per heavy atom. The Hall–Kier alpha value is -1.48. The van der Waals surface area contributed by atoms with Gasteiger partial charge in [-0.2, -0.15) is 11.8 Å². The molecule has 102 valence electrons. The van der Waals surface area contributed by atoms with Crippen molar-refractivity contribution in [2.45, 2.75) is 29.8 Å². The number of fused-ring (bicyclic) bond motifs is 3. The van der Waals surface area contributed by atoms with Crippen LogP contribution in [0.1, 0.15) is 24.8 Å². The molecule has 20 heavy (non-hydrogen) atoms. The Bertz CT molecular complexity index is 694. The van der Waals surface area contributed by atoms with E-state index in [0.717, 1.165) is 16.0 Å². The first-order chi connectivity index (χ1) is 9.81. The molecule has 4 rings (SSSR count). The van der Waals surface area contributed by atoms with Crippen molar-refractivity contribution in [1.82, 2.24) is 4.98 Å². The first kappa shape index (κ1) is 12.3. The number of ether oxygens (including phenoxy) is 1. The molecule has 0 spiro atoms. The average molecular weight is 283 g/mol. The second-order valence-electron chi connectivity index (χ2n) is 5.53. The predicted octanol–water partition coefficient (Wildman–Crippen LogP) is 4.29. The average Bonchev–Trinajstić information content (AvgIpc) is 2.84. The summed E-state index contributed by atoms with van der Waals surface area (Å²) in [6.45, 7) is 0. The molecule has 0 aliphatic carbocycles. The highest BCUT2D eigenvalue weighted by Gasteiger charge is 2.29. The van der Waals surface area contributed by atoms with E-state index in [0.29, 0.717) is 5.88 Å². The zero-order chi connectivity index (χ0) is 13.5. The minimum absolute atomic E-state index is 0.677. The highest BCUT2D eigenvalue weighted by Crippen LogP contribution is 2.45. The van der Waals surface area contributed by atoms with Crippen LogP contribution in [0.5, 0.6) is 5.88 Å². The van der Waals surface area contributed by atoms with E-state index in [9.17, 15) is 0 Å². The van der Waals surface area contributed by atoms with Crippen LogP contribution >= 0.6 is 11.8 Å². The van der Waals surface area contributed by atoms with Gasteiger partial charge in [0.15, 0.2) is 0 Å². The Kier molecular flexibility index (Phi) is 2.95. The minimum atomic E-state index is 0.677. The fraction of sp³-hybridized carbons (Fsp3) is 0.353. The number of allylic oxidation sites excluding steroid dienone is 1. The maximum absolute atomic E-state index is 5.18. The summed E-state index contributed by atoms with van der Waals surface area (Å²) in [6.07, 6.45) is 6.43. The van der Waals surface area contributed by atoms with E-state index < -0.39 is 0 Å². The fourth-order valence-electron chi connectivity index (χ4n) is 3.18. The monoisotopic (exact) mass is 283 g/mol. The molecule has 0 radical (unpaired) electrons. The Morgan fingerprint density at radius 1 is 1.20 bits per heavy atom. The summed E-state index contributed by atoms with van der Waals surface area (Å²) in [6, 6.07) is 10.6. The smallest absolute Gasteiger partial charge is 0.213 e. The predicted molar refractivity (Wildman–Crippen MR) is 85.3 cm³/mol. The normalized spacial score (nSPS) is 24.8. The van der Waals surface area contributed by atoms with Crippen LogP contribution in [-0.4, -0.2) is 22.6 Å². The van der Waals surface area contributed by atoms with Gasteiger partial charge in [0.1, 0.15) is 0 Å². The molecule has 2 bridgehead atoms. The number of nitrogens with zero attached hydrogens (tertiary/aromatic N) is 1. The zero-order valence-corrected chi connectivity index (χ0v) is 12.3.